The summed E-state index contributed by atoms with van der Waals surface area (Å²) in [6.07, 6.45) is 6.74. The van der Waals surface area contributed by atoms with Crippen molar-refractivity contribution in [1.29, 1.82) is 0 Å². The molecule has 1 fully saturated rings. The Bertz CT molecular complexity index is 783. The Morgan fingerprint density at radius 3 is 2.81 bits per heavy atom. The molecule has 1 unspecified atom stereocenters. The molecule has 0 spiro atoms. The van der Waals surface area contributed by atoms with E-state index in [1.54, 1.807) is 12.1 Å². The van der Waals surface area contributed by atoms with Gasteiger partial charge in [0.05, 0.1) is 0 Å². The van der Waals surface area contributed by atoms with Gasteiger partial charge in [0, 0.05) is 36.2 Å². The van der Waals surface area contributed by atoms with Crippen molar-refractivity contribution >= 4 is 5.91 Å². The second kappa shape index (κ2) is 7.58. The van der Waals surface area contributed by atoms with E-state index in [2.05, 4.69) is 15.8 Å². The van der Waals surface area contributed by atoms with Crippen molar-refractivity contribution in [2.75, 3.05) is 0 Å². The quantitative estimate of drug-likeness (QED) is 0.863. The molecule has 1 atom stereocenters. The van der Waals surface area contributed by atoms with Crippen LogP contribution in [0.5, 0.6) is 0 Å². The molecule has 1 saturated carbocycles. The van der Waals surface area contributed by atoms with E-state index >= 15 is 0 Å². The van der Waals surface area contributed by atoms with E-state index < -0.39 is 0 Å². The van der Waals surface area contributed by atoms with Crippen molar-refractivity contribution in [3.63, 3.8) is 0 Å². The predicted molar refractivity (Wildman–Crippen MR) is 95.3 cm³/mol. The standard InChI is InChI=1S/C20H24FN3O2/c21-17-8-4-1-5-13(17)12-22-15-9-10-18-16(11-15)19(24-26-18)20(25)23-14-6-2-3-7-14/h1,4-5,8,14-15,22H,2-3,6-7,9-12H2,(H,23,25). The van der Waals surface area contributed by atoms with Gasteiger partial charge in [-0.2, -0.15) is 0 Å². The maximum atomic E-state index is 13.8. The molecular weight excluding hydrogens is 333 g/mol. The molecule has 6 heteroatoms. The highest BCUT2D eigenvalue weighted by Gasteiger charge is 2.29. The summed E-state index contributed by atoms with van der Waals surface area (Å²) in [6, 6.07) is 7.23. The van der Waals surface area contributed by atoms with Gasteiger partial charge in [0.1, 0.15) is 11.6 Å². The molecule has 0 aliphatic heterocycles. The zero-order valence-electron chi connectivity index (χ0n) is 14.8. The molecule has 1 aromatic carbocycles. The number of carbonyl (C=O) groups is 1. The van der Waals surface area contributed by atoms with Crippen LogP contribution in [0.3, 0.4) is 0 Å². The number of nitrogens with zero attached hydrogens (tertiary/aromatic N) is 1. The Hall–Kier alpha value is -2.21. The van der Waals surface area contributed by atoms with Gasteiger partial charge in [-0.3, -0.25) is 4.79 Å². The van der Waals surface area contributed by atoms with Gasteiger partial charge in [-0.15, -0.1) is 0 Å². The minimum atomic E-state index is -0.196. The molecule has 2 aromatic rings. The molecule has 0 saturated heterocycles. The molecule has 0 bridgehead atoms. The zero-order chi connectivity index (χ0) is 17.9. The number of aromatic nitrogens is 1. The van der Waals surface area contributed by atoms with Gasteiger partial charge >= 0.3 is 0 Å². The monoisotopic (exact) mass is 357 g/mol. The minimum absolute atomic E-state index is 0.128. The van der Waals surface area contributed by atoms with Crippen molar-refractivity contribution in [1.82, 2.24) is 15.8 Å². The first kappa shape index (κ1) is 17.2. The van der Waals surface area contributed by atoms with Crippen molar-refractivity contribution in [2.24, 2.45) is 0 Å². The van der Waals surface area contributed by atoms with Crippen LogP contribution < -0.4 is 10.6 Å². The highest BCUT2D eigenvalue weighted by atomic mass is 19.1. The van der Waals surface area contributed by atoms with Crippen molar-refractivity contribution in [3.05, 3.63) is 52.7 Å². The topological polar surface area (TPSA) is 67.2 Å². The number of hydrogen-bond acceptors (Lipinski definition) is 4. The third-order valence-corrected chi connectivity index (χ3v) is 5.48. The van der Waals surface area contributed by atoms with Crippen LogP contribution in [0.4, 0.5) is 4.39 Å². The average Bonchev–Trinajstić information content (AvgIpc) is 3.30. The zero-order valence-corrected chi connectivity index (χ0v) is 14.8. The van der Waals surface area contributed by atoms with Crippen molar-refractivity contribution in [3.8, 4) is 0 Å². The fourth-order valence-corrected chi connectivity index (χ4v) is 3.98. The molecule has 1 amide bonds. The Morgan fingerprint density at radius 1 is 1.19 bits per heavy atom. The first-order valence-corrected chi connectivity index (χ1v) is 9.46. The Balaban J connectivity index is 1.40. The van der Waals surface area contributed by atoms with Crippen molar-refractivity contribution in [2.45, 2.75) is 63.6 Å². The summed E-state index contributed by atoms with van der Waals surface area (Å²) < 4.78 is 19.2. The molecule has 1 aromatic heterocycles. The summed E-state index contributed by atoms with van der Waals surface area (Å²) in [5.41, 5.74) is 1.98. The lowest BCUT2D eigenvalue weighted by Crippen LogP contribution is -2.36. The van der Waals surface area contributed by atoms with Crippen LogP contribution in [0.25, 0.3) is 0 Å². The second-order valence-electron chi connectivity index (χ2n) is 7.30. The summed E-state index contributed by atoms with van der Waals surface area (Å²) in [4.78, 5) is 12.6. The first-order chi connectivity index (χ1) is 12.7. The van der Waals surface area contributed by atoms with E-state index in [0.717, 1.165) is 37.0 Å². The van der Waals surface area contributed by atoms with Crippen LogP contribution in [0.15, 0.2) is 28.8 Å². The second-order valence-corrected chi connectivity index (χ2v) is 7.30. The van der Waals surface area contributed by atoms with E-state index in [1.807, 2.05) is 6.07 Å². The first-order valence-electron chi connectivity index (χ1n) is 9.46. The number of hydrogen-bond donors (Lipinski definition) is 2. The maximum Gasteiger partial charge on any atom is 0.273 e. The van der Waals surface area contributed by atoms with E-state index in [-0.39, 0.29) is 23.8 Å². The highest BCUT2D eigenvalue weighted by Crippen LogP contribution is 2.26. The van der Waals surface area contributed by atoms with Gasteiger partial charge in [-0.05, 0) is 31.7 Å². The highest BCUT2D eigenvalue weighted by molar-refractivity contribution is 5.94. The molecule has 0 radical (unpaired) electrons. The number of halogens is 1. The maximum absolute atomic E-state index is 13.8. The van der Waals surface area contributed by atoms with E-state index in [9.17, 15) is 9.18 Å². The van der Waals surface area contributed by atoms with E-state index in [0.29, 0.717) is 24.2 Å². The molecule has 2 aliphatic carbocycles. The number of rotatable bonds is 5. The molecule has 1 heterocycles. The van der Waals surface area contributed by atoms with Crippen LogP contribution in [-0.4, -0.2) is 23.1 Å². The Labute approximate surface area is 152 Å². The van der Waals surface area contributed by atoms with E-state index in [4.69, 9.17) is 4.52 Å². The third kappa shape index (κ3) is 3.65. The van der Waals surface area contributed by atoms with Crippen LogP contribution >= 0.6 is 0 Å². The number of nitrogens with one attached hydrogen (secondary N) is 2. The lowest BCUT2D eigenvalue weighted by molar-refractivity contribution is 0.0928. The van der Waals surface area contributed by atoms with Gasteiger partial charge in [0.15, 0.2) is 5.69 Å². The number of aryl methyl sites for hydroxylation is 1. The van der Waals surface area contributed by atoms with Crippen LogP contribution in [0.1, 0.15) is 59.5 Å². The minimum Gasteiger partial charge on any atom is -0.360 e. The molecule has 26 heavy (non-hydrogen) atoms. The summed E-state index contributed by atoms with van der Waals surface area (Å²) in [5, 5.41) is 10.5. The molecule has 2 N–H and O–H groups in total. The fourth-order valence-electron chi connectivity index (χ4n) is 3.98. The summed E-state index contributed by atoms with van der Waals surface area (Å²) in [5.74, 6) is 0.486. The Morgan fingerprint density at radius 2 is 2.00 bits per heavy atom. The predicted octanol–water partition coefficient (Wildman–Crippen LogP) is 3.13. The SMILES string of the molecule is O=C(NC1CCCC1)c1noc2c1CC(NCc1ccccc1F)CC2. The van der Waals surface area contributed by atoms with E-state index in [1.165, 1.54) is 18.9 Å². The smallest absolute Gasteiger partial charge is 0.273 e. The van der Waals surface area contributed by atoms with Gasteiger partial charge in [0.25, 0.3) is 5.91 Å². The van der Waals surface area contributed by atoms with Crippen LogP contribution in [0.2, 0.25) is 0 Å². The Kier molecular flexibility index (Phi) is 5.02. The summed E-state index contributed by atoms with van der Waals surface area (Å²) >= 11 is 0. The lowest BCUT2D eigenvalue weighted by atomic mass is 9.91. The molecule has 138 valence electrons. The largest absolute Gasteiger partial charge is 0.360 e. The molecule has 5 nitrogen and oxygen atoms in total. The number of benzene rings is 1. The number of amides is 1. The average molecular weight is 357 g/mol. The lowest BCUT2D eigenvalue weighted by Gasteiger charge is -2.23. The fraction of sp³-hybridized carbons (Fsp3) is 0.500. The van der Waals surface area contributed by atoms with Gasteiger partial charge in [0.2, 0.25) is 0 Å². The third-order valence-electron chi connectivity index (χ3n) is 5.48. The molecule has 2 aliphatic rings. The number of fused-ring (bicyclic) bond motifs is 1. The van der Waals surface area contributed by atoms with Crippen molar-refractivity contribution < 1.29 is 13.7 Å². The van der Waals surface area contributed by atoms with Gasteiger partial charge < -0.3 is 15.2 Å². The van der Waals surface area contributed by atoms with Crippen LogP contribution in [0, 0.1) is 5.82 Å². The molecule has 4 rings (SSSR count). The van der Waals surface area contributed by atoms with Gasteiger partial charge in [-0.25, -0.2) is 4.39 Å². The normalized spacial score (nSPS) is 20.1. The summed E-state index contributed by atoms with van der Waals surface area (Å²) in [6.45, 7) is 0.474. The molecular formula is C20H24FN3O2. The summed E-state index contributed by atoms with van der Waals surface area (Å²) in [7, 11) is 0. The number of carbonyl (C=O) groups excluding carboxylic acids is 1. The van der Waals surface area contributed by atoms with Gasteiger partial charge in [-0.1, -0.05) is 36.2 Å². The van der Waals surface area contributed by atoms with Crippen LogP contribution in [-0.2, 0) is 19.4 Å².